The third-order valence-electron chi connectivity index (χ3n) is 5.88. The quantitative estimate of drug-likeness (QED) is 0.623. The van der Waals surface area contributed by atoms with Crippen LogP contribution in [0.2, 0.25) is 0 Å². The van der Waals surface area contributed by atoms with Crippen LogP contribution >= 0.6 is 0 Å². The Bertz CT molecular complexity index is 250. The Balaban J connectivity index is 1.54. The maximum absolute atomic E-state index is 5.58. The molecule has 0 unspecified atom stereocenters. The van der Waals surface area contributed by atoms with Crippen LogP contribution in [0.5, 0.6) is 0 Å². The fourth-order valence-corrected chi connectivity index (χ4v) is 4.37. The van der Waals surface area contributed by atoms with Gasteiger partial charge in [-0.15, -0.1) is 0 Å². The molecule has 2 saturated carbocycles. The molecule has 124 valence electrons. The minimum atomic E-state index is 0.847. The molecule has 0 bridgehead atoms. The zero-order valence-corrected chi connectivity index (χ0v) is 14.3. The fraction of sp³-hybridized carbons (Fsp3) is 1.00. The number of rotatable bonds is 8. The fourth-order valence-electron chi connectivity index (χ4n) is 4.37. The van der Waals surface area contributed by atoms with Gasteiger partial charge in [-0.25, -0.2) is 0 Å². The van der Waals surface area contributed by atoms with Crippen LogP contribution in [0.3, 0.4) is 0 Å². The lowest BCUT2D eigenvalue weighted by molar-refractivity contribution is 0.0834. The molecule has 0 aromatic rings. The van der Waals surface area contributed by atoms with Gasteiger partial charge in [0.15, 0.2) is 0 Å². The maximum atomic E-state index is 5.58. The first-order chi connectivity index (χ1) is 10.3. The van der Waals surface area contributed by atoms with Gasteiger partial charge in [-0.1, -0.05) is 38.5 Å². The number of ether oxygens (including phenoxy) is 2. The van der Waals surface area contributed by atoms with E-state index in [1.54, 1.807) is 0 Å². The molecule has 2 fully saturated rings. The van der Waals surface area contributed by atoms with Crippen LogP contribution in [0, 0.1) is 23.7 Å². The summed E-state index contributed by atoms with van der Waals surface area (Å²) in [6, 6.07) is 0. The Hall–Kier alpha value is -0.0800. The molecule has 2 aliphatic carbocycles. The summed E-state index contributed by atoms with van der Waals surface area (Å²) in [7, 11) is 1.84. The molecule has 0 radical (unpaired) electrons. The highest BCUT2D eigenvalue weighted by Crippen LogP contribution is 2.36. The van der Waals surface area contributed by atoms with Gasteiger partial charge in [0.05, 0.1) is 0 Å². The van der Waals surface area contributed by atoms with E-state index in [9.17, 15) is 0 Å². The molecular formula is C19H36O2. The number of hydrogen-bond donors (Lipinski definition) is 0. The Morgan fingerprint density at radius 1 is 0.667 bits per heavy atom. The normalized spacial score (nSPS) is 34.0. The second kappa shape index (κ2) is 9.84. The summed E-state index contributed by atoms with van der Waals surface area (Å²) in [5.41, 5.74) is 0. The highest BCUT2D eigenvalue weighted by Gasteiger charge is 2.24. The van der Waals surface area contributed by atoms with Gasteiger partial charge in [-0.2, -0.15) is 0 Å². The van der Waals surface area contributed by atoms with Crippen LogP contribution in [0.25, 0.3) is 0 Å². The second-order valence-corrected chi connectivity index (χ2v) is 7.47. The van der Waals surface area contributed by atoms with Crippen molar-refractivity contribution in [3.63, 3.8) is 0 Å². The van der Waals surface area contributed by atoms with E-state index in [1.807, 2.05) is 7.11 Å². The predicted octanol–water partition coefficient (Wildman–Crippen LogP) is 5.06. The molecule has 0 amide bonds. The first-order valence-electron chi connectivity index (χ1n) is 9.38. The molecule has 0 heterocycles. The van der Waals surface area contributed by atoms with Gasteiger partial charge in [0, 0.05) is 26.9 Å². The SMILES string of the molecule is CCOCC1CCC(CC[C@H]2CC[C@H](COC)CC2)CC1. The highest BCUT2D eigenvalue weighted by atomic mass is 16.5. The van der Waals surface area contributed by atoms with E-state index >= 15 is 0 Å². The Labute approximate surface area is 132 Å². The van der Waals surface area contributed by atoms with Gasteiger partial charge >= 0.3 is 0 Å². The third kappa shape index (κ3) is 6.28. The molecule has 2 heteroatoms. The number of hydrogen-bond acceptors (Lipinski definition) is 2. The van der Waals surface area contributed by atoms with Gasteiger partial charge in [0.1, 0.15) is 0 Å². The van der Waals surface area contributed by atoms with E-state index in [0.717, 1.165) is 43.5 Å². The van der Waals surface area contributed by atoms with Crippen molar-refractivity contribution in [2.45, 2.75) is 71.1 Å². The van der Waals surface area contributed by atoms with E-state index in [0.29, 0.717) is 0 Å². The van der Waals surface area contributed by atoms with Crippen molar-refractivity contribution in [2.75, 3.05) is 26.9 Å². The average molecular weight is 296 g/mol. The standard InChI is InChI=1S/C19H36O2/c1-3-21-15-19-12-8-17(9-13-19)5-4-16-6-10-18(11-7-16)14-20-2/h16-19H,3-15H2,1-2H3/t16-,17?,18-,19?. The lowest BCUT2D eigenvalue weighted by Crippen LogP contribution is -2.21. The average Bonchev–Trinajstić information content (AvgIpc) is 2.53. The lowest BCUT2D eigenvalue weighted by Gasteiger charge is -2.31. The summed E-state index contributed by atoms with van der Waals surface area (Å²) in [5, 5.41) is 0. The minimum absolute atomic E-state index is 0.847. The van der Waals surface area contributed by atoms with Crippen LogP contribution in [-0.2, 0) is 9.47 Å². The smallest absolute Gasteiger partial charge is 0.0494 e. The molecule has 2 rings (SSSR count). The Morgan fingerprint density at radius 3 is 1.52 bits per heavy atom. The van der Waals surface area contributed by atoms with Crippen molar-refractivity contribution < 1.29 is 9.47 Å². The van der Waals surface area contributed by atoms with Crippen molar-refractivity contribution >= 4 is 0 Å². The monoisotopic (exact) mass is 296 g/mol. The summed E-state index contributed by atoms with van der Waals surface area (Å²) in [4.78, 5) is 0. The summed E-state index contributed by atoms with van der Waals surface area (Å²) in [5.74, 6) is 3.73. The van der Waals surface area contributed by atoms with Gasteiger partial charge in [0.25, 0.3) is 0 Å². The summed E-state index contributed by atoms with van der Waals surface area (Å²) < 4.78 is 10.9. The maximum Gasteiger partial charge on any atom is 0.0494 e. The van der Waals surface area contributed by atoms with E-state index in [-0.39, 0.29) is 0 Å². The van der Waals surface area contributed by atoms with Gasteiger partial charge in [0.2, 0.25) is 0 Å². The molecule has 0 aromatic carbocycles. The molecular weight excluding hydrogens is 260 g/mol. The summed E-state index contributed by atoms with van der Waals surface area (Å²) in [6.07, 6.45) is 14.4. The molecule has 0 spiro atoms. The highest BCUT2D eigenvalue weighted by molar-refractivity contribution is 4.76. The summed E-state index contributed by atoms with van der Waals surface area (Å²) >= 11 is 0. The van der Waals surface area contributed by atoms with Crippen molar-refractivity contribution in [3.8, 4) is 0 Å². The number of methoxy groups -OCH3 is 1. The molecule has 0 atom stereocenters. The third-order valence-corrected chi connectivity index (χ3v) is 5.88. The van der Waals surface area contributed by atoms with Crippen molar-refractivity contribution in [3.05, 3.63) is 0 Å². The second-order valence-electron chi connectivity index (χ2n) is 7.47. The van der Waals surface area contributed by atoms with Gasteiger partial charge < -0.3 is 9.47 Å². The molecule has 0 N–H and O–H groups in total. The van der Waals surface area contributed by atoms with E-state index < -0.39 is 0 Å². The van der Waals surface area contributed by atoms with Crippen molar-refractivity contribution in [1.29, 1.82) is 0 Å². The Morgan fingerprint density at radius 2 is 1.10 bits per heavy atom. The zero-order valence-electron chi connectivity index (χ0n) is 14.3. The lowest BCUT2D eigenvalue weighted by atomic mass is 9.76. The topological polar surface area (TPSA) is 18.5 Å². The van der Waals surface area contributed by atoms with Crippen LogP contribution < -0.4 is 0 Å². The summed E-state index contributed by atoms with van der Waals surface area (Å²) in [6.45, 7) is 4.97. The van der Waals surface area contributed by atoms with Gasteiger partial charge in [-0.3, -0.25) is 0 Å². The van der Waals surface area contributed by atoms with Crippen LogP contribution in [-0.4, -0.2) is 26.9 Å². The molecule has 2 aliphatic rings. The molecule has 0 saturated heterocycles. The van der Waals surface area contributed by atoms with Crippen molar-refractivity contribution in [1.82, 2.24) is 0 Å². The first kappa shape index (κ1) is 17.3. The van der Waals surface area contributed by atoms with E-state index in [4.69, 9.17) is 9.47 Å². The molecule has 21 heavy (non-hydrogen) atoms. The largest absolute Gasteiger partial charge is 0.384 e. The predicted molar refractivity (Wildman–Crippen MR) is 88.5 cm³/mol. The van der Waals surface area contributed by atoms with Crippen LogP contribution in [0.15, 0.2) is 0 Å². The first-order valence-corrected chi connectivity index (χ1v) is 9.38. The Kier molecular flexibility index (Phi) is 8.10. The molecule has 0 aliphatic heterocycles. The molecule has 0 aromatic heterocycles. The van der Waals surface area contributed by atoms with E-state index in [2.05, 4.69) is 6.92 Å². The molecule has 2 nitrogen and oxygen atoms in total. The van der Waals surface area contributed by atoms with Crippen LogP contribution in [0.1, 0.15) is 71.1 Å². The minimum Gasteiger partial charge on any atom is -0.384 e. The van der Waals surface area contributed by atoms with E-state index in [1.165, 1.54) is 64.2 Å². The zero-order chi connectivity index (χ0) is 14.9. The van der Waals surface area contributed by atoms with Crippen LogP contribution in [0.4, 0.5) is 0 Å². The van der Waals surface area contributed by atoms with Crippen molar-refractivity contribution in [2.24, 2.45) is 23.7 Å². The van der Waals surface area contributed by atoms with Gasteiger partial charge in [-0.05, 0) is 56.3 Å².